The van der Waals surface area contributed by atoms with Gasteiger partial charge in [-0.25, -0.2) is 0 Å². The number of aliphatic hydroxyl groups is 1. The second kappa shape index (κ2) is 4.25. The highest BCUT2D eigenvalue weighted by atomic mass is 16.3. The highest BCUT2D eigenvalue weighted by molar-refractivity contribution is 5.53. The molecule has 0 spiro atoms. The molecule has 1 N–H and O–H groups in total. The Morgan fingerprint density at radius 3 is 2.67 bits per heavy atom. The van der Waals surface area contributed by atoms with Gasteiger partial charge in [0.15, 0.2) is 0 Å². The summed E-state index contributed by atoms with van der Waals surface area (Å²) in [6, 6.07) is 0. The van der Waals surface area contributed by atoms with Gasteiger partial charge >= 0.3 is 0 Å². The fraction of sp³-hybridized carbons (Fsp3) is 0.923. The zero-order chi connectivity index (χ0) is 11.0. The average Bonchev–Trinajstić information content (AvgIpc) is 2.68. The molecule has 86 valence electrons. The number of carbonyl (C=O) groups excluding carboxylic acids is 1. The lowest BCUT2D eigenvalue weighted by Gasteiger charge is -2.39. The largest absolute Gasteiger partial charge is 0.393 e. The Balaban J connectivity index is 2.14. The fourth-order valence-electron chi connectivity index (χ4n) is 3.93. The Labute approximate surface area is 92.1 Å². The molecule has 1 unspecified atom stereocenters. The summed E-state index contributed by atoms with van der Waals surface area (Å²) in [4.78, 5) is 10.9. The second-order valence-corrected chi connectivity index (χ2v) is 5.60. The van der Waals surface area contributed by atoms with Crippen molar-refractivity contribution in [2.24, 2.45) is 29.6 Å². The molecule has 2 rings (SSSR count). The van der Waals surface area contributed by atoms with Crippen LogP contribution in [-0.2, 0) is 4.79 Å². The molecule has 0 radical (unpaired) electrons. The third kappa shape index (κ3) is 1.84. The Bertz CT molecular complexity index is 239. The van der Waals surface area contributed by atoms with Gasteiger partial charge in [-0.1, -0.05) is 13.8 Å². The molecular formula is C13H22O2. The number of hydrogen-bond acceptors (Lipinski definition) is 2. The van der Waals surface area contributed by atoms with Gasteiger partial charge in [0.1, 0.15) is 6.29 Å². The van der Waals surface area contributed by atoms with Crippen LogP contribution in [0.3, 0.4) is 0 Å². The van der Waals surface area contributed by atoms with E-state index in [1.54, 1.807) is 0 Å². The van der Waals surface area contributed by atoms with E-state index < -0.39 is 0 Å². The van der Waals surface area contributed by atoms with Crippen LogP contribution in [0.1, 0.15) is 39.5 Å². The number of rotatable bonds is 2. The molecule has 2 aliphatic carbocycles. The summed E-state index contributed by atoms with van der Waals surface area (Å²) in [6.07, 6.45) is 5.35. The minimum Gasteiger partial charge on any atom is -0.393 e. The van der Waals surface area contributed by atoms with E-state index in [1.807, 2.05) is 6.92 Å². The fourth-order valence-corrected chi connectivity index (χ4v) is 3.93. The van der Waals surface area contributed by atoms with Crippen molar-refractivity contribution in [1.82, 2.24) is 0 Å². The zero-order valence-electron chi connectivity index (χ0n) is 9.73. The van der Waals surface area contributed by atoms with Crippen molar-refractivity contribution in [2.75, 3.05) is 0 Å². The van der Waals surface area contributed by atoms with Crippen LogP contribution in [-0.4, -0.2) is 17.5 Å². The van der Waals surface area contributed by atoms with Gasteiger partial charge in [0.2, 0.25) is 0 Å². The molecule has 2 nitrogen and oxygen atoms in total. The predicted molar refractivity (Wildman–Crippen MR) is 59.3 cm³/mol. The van der Waals surface area contributed by atoms with Gasteiger partial charge in [-0.05, 0) is 49.4 Å². The lowest BCUT2D eigenvalue weighted by atomic mass is 9.68. The first kappa shape index (κ1) is 11.1. The summed E-state index contributed by atoms with van der Waals surface area (Å²) in [5.74, 6) is 2.45. The zero-order valence-corrected chi connectivity index (χ0v) is 9.73. The number of hydrogen-bond donors (Lipinski definition) is 1. The molecule has 0 aromatic rings. The number of carbonyl (C=O) groups is 1. The number of fused-ring (bicyclic) bond motifs is 1. The average molecular weight is 210 g/mol. The summed E-state index contributed by atoms with van der Waals surface area (Å²) in [5.41, 5.74) is 0. The summed E-state index contributed by atoms with van der Waals surface area (Å²) in [6.45, 7) is 4.33. The van der Waals surface area contributed by atoms with Crippen LogP contribution in [0.15, 0.2) is 0 Å². The van der Waals surface area contributed by atoms with Crippen molar-refractivity contribution in [3.63, 3.8) is 0 Å². The van der Waals surface area contributed by atoms with Crippen LogP contribution in [0.5, 0.6) is 0 Å². The number of aldehydes is 1. The monoisotopic (exact) mass is 210 g/mol. The third-order valence-electron chi connectivity index (χ3n) is 4.78. The van der Waals surface area contributed by atoms with Crippen LogP contribution in [0.25, 0.3) is 0 Å². The highest BCUT2D eigenvalue weighted by Gasteiger charge is 2.46. The maximum Gasteiger partial charge on any atom is 0.123 e. The van der Waals surface area contributed by atoms with Crippen LogP contribution in [0, 0.1) is 29.6 Å². The molecule has 15 heavy (non-hydrogen) atoms. The molecule has 2 heteroatoms. The van der Waals surface area contributed by atoms with Gasteiger partial charge in [0.25, 0.3) is 0 Å². The van der Waals surface area contributed by atoms with Crippen molar-refractivity contribution >= 4 is 6.29 Å². The van der Waals surface area contributed by atoms with Crippen molar-refractivity contribution in [2.45, 2.75) is 45.6 Å². The summed E-state index contributed by atoms with van der Waals surface area (Å²) < 4.78 is 0. The van der Waals surface area contributed by atoms with Gasteiger partial charge in [0.05, 0.1) is 6.10 Å². The van der Waals surface area contributed by atoms with Crippen LogP contribution in [0.2, 0.25) is 0 Å². The molecule has 0 amide bonds. The van der Waals surface area contributed by atoms with Gasteiger partial charge in [-0.15, -0.1) is 0 Å². The Morgan fingerprint density at radius 2 is 2.00 bits per heavy atom. The molecule has 0 bridgehead atoms. The molecule has 0 saturated heterocycles. The molecule has 0 aliphatic heterocycles. The van der Waals surface area contributed by atoms with Gasteiger partial charge in [-0.2, -0.15) is 0 Å². The first-order valence-corrected chi connectivity index (χ1v) is 6.28. The molecular weight excluding hydrogens is 188 g/mol. The summed E-state index contributed by atoms with van der Waals surface area (Å²) >= 11 is 0. The van der Waals surface area contributed by atoms with E-state index >= 15 is 0 Å². The molecule has 2 aliphatic rings. The maximum atomic E-state index is 10.9. The topological polar surface area (TPSA) is 37.3 Å². The third-order valence-corrected chi connectivity index (χ3v) is 4.78. The molecule has 2 saturated carbocycles. The van der Waals surface area contributed by atoms with Gasteiger partial charge in [-0.3, -0.25) is 0 Å². The summed E-state index contributed by atoms with van der Waals surface area (Å²) in [7, 11) is 0. The van der Waals surface area contributed by atoms with Crippen molar-refractivity contribution in [1.29, 1.82) is 0 Å². The standard InChI is InChI=1S/C13H22O2/c1-8-3-6-12(15)11-5-4-10(13(8)11)9(2)7-14/h7-13,15H,3-6H2,1-2H3/t8-,9+,10-,11-,12+,13?/m0/s1. The van der Waals surface area contributed by atoms with E-state index in [4.69, 9.17) is 0 Å². The highest BCUT2D eigenvalue weighted by Crippen LogP contribution is 2.50. The number of aliphatic hydroxyl groups excluding tert-OH is 1. The summed E-state index contributed by atoms with van der Waals surface area (Å²) in [5, 5.41) is 9.98. The second-order valence-electron chi connectivity index (χ2n) is 5.60. The minimum atomic E-state index is -0.102. The maximum absolute atomic E-state index is 10.9. The van der Waals surface area contributed by atoms with E-state index in [-0.39, 0.29) is 12.0 Å². The Morgan fingerprint density at radius 1 is 1.27 bits per heavy atom. The molecule has 2 fully saturated rings. The van der Waals surface area contributed by atoms with Crippen molar-refractivity contribution in [3.8, 4) is 0 Å². The van der Waals surface area contributed by atoms with E-state index in [9.17, 15) is 9.90 Å². The van der Waals surface area contributed by atoms with E-state index in [2.05, 4.69) is 6.92 Å². The van der Waals surface area contributed by atoms with Crippen LogP contribution >= 0.6 is 0 Å². The van der Waals surface area contributed by atoms with Crippen LogP contribution in [0.4, 0.5) is 0 Å². The van der Waals surface area contributed by atoms with Crippen molar-refractivity contribution in [3.05, 3.63) is 0 Å². The van der Waals surface area contributed by atoms with Gasteiger partial charge < -0.3 is 9.90 Å². The normalized spacial score (nSPS) is 47.3. The molecule has 0 aromatic carbocycles. The van der Waals surface area contributed by atoms with Crippen LogP contribution < -0.4 is 0 Å². The Hall–Kier alpha value is -0.370. The lowest BCUT2D eigenvalue weighted by Crippen LogP contribution is -2.37. The van der Waals surface area contributed by atoms with E-state index in [1.165, 1.54) is 0 Å². The first-order chi connectivity index (χ1) is 7.15. The van der Waals surface area contributed by atoms with E-state index in [0.717, 1.165) is 32.0 Å². The lowest BCUT2D eigenvalue weighted by molar-refractivity contribution is -0.113. The van der Waals surface area contributed by atoms with Crippen molar-refractivity contribution < 1.29 is 9.90 Å². The quantitative estimate of drug-likeness (QED) is 0.710. The molecule has 6 atom stereocenters. The molecule has 0 heterocycles. The SMILES string of the molecule is C[C@H](C=O)[C@@H]1CC[C@@H]2C1[C@@H](C)CC[C@H]2O. The Kier molecular flexibility index (Phi) is 3.15. The molecule has 0 aromatic heterocycles. The van der Waals surface area contributed by atoms with E-state index in [0.29, 0.717) is 23.7 Å². The van der Waals surface area contributed by atoms with Gasteiger partial charge in [0, 0.05) is 5.92 Å². The smallest absolute Gasteiger partial charge is 0.123 e. The minimum absolute atomic E-state index is 0.102. The predicted octanol–water partition coefficient (Wildman–Crippen LogP) is 2.25. The first-order valence-electron chi connectivity index (χ1n) is 6.28.